The second-order valence-corrected chi connectivity index (χ2v) is 7.10. The summed E-state index contributed by atoms with van der Waals surface area (Å²) in [6, 6.07) is 3.97. The highest BCUT2D eigenvalue weighted by molar-refractivity contribution is 5.78. The topological polar surface area (TPSA) is 75.4 Å². The fraction of sp³-hybridized carbons (Fsp3) is 0.556. The van der Waals surface area contributed by atoms with Crippen LogP contribution >= 0.6 is 0 Å². The molecule has 2 aromatic rings. The molecule has 0 atom stereocenters. The summed E-state index contributed by atoms with van der Waals surface area (Å²) in [5, 5.41) is 4.05. The van der Waals surface area contributed by atoms with Gasteiger partial charge in [-0.25, -0.2) is 4.98 Å². The second-order valence-electron chi connectivity index (χ2n) is 7.10. The number of amides is 1. The van der Waals surface area contributed by atoms with Gasteiger partial charge in [0, 0.05) is 49.8 Å². The van der Waals surface area contributed by atoms with E-state index >= 15 is 0 Å². The van der Waals surface area contributed by atoms with Crippen molar-refractivity contribution in [3.05, 3.63) is 24.2 Å². The Labute approximate surface area is 147 Å². The highest BCUT2D eigenvalue weighted by Crippen LogP contribution is 2.39. The molecule has 7 nitrogen and oxygen atoms in total. The van der Waals surface area contributed by atoms with E-state index in [2.05, 4.69) is 20.0 Å². The molecule has 2 fully saturated rings. The van der Waals surface area contributed by atoms with E-state index in [4.69, 9.17) is 4.52 Å². The number of anilines is 1. The van der Waals surface area contributed by atoms with Crippen LogP contribution in [0.4, 0.5) is 5.82 Å². The third-order valence-corrected chi connectivity index (χ3v) is 4.78. The molecule has 2 aromatic heterocycles. The van der Waals surface area contributed by atoms with Crippen LogP contribution in [0, 0.1) is 5.92 Å². The van der Waals surface area contributed by atoms with Crippen LogP contribution < -0.4 is 4.90 Å². The zero-order chi connectivity index (χ0) is 17.4. The van der Waals surface area contributed by atoms with Gasteiger partial charge in [-0.3, -0.25) is 4.79 Å². The van der Waals surface area contributed by atoms with Gasteiger partial charge in [-0.15, -0.1) is 0 Å². The van der Waals surface area contributed by atoms with Crippen LogP contribution in [0.3, 0.4) is 0 Å². The van der Waals surface area contributed by atoms with Gasteiger partial charge in [0.1, 0.15) is 5.82 Å². The van der Waals surface area contributed by atoms with Crippen LogP contribution in [0.25, 0.3) is 11.4 Å². The Kier molecular flexibility index (Phi) is 4.15. The van der Waals surface area contributed by atoms with Gasteiger partial charge < -0.3 is 14.3 Å². The van der Waals surface area contributed by atoms with Gasteiger partial charge in [-0.2, -0.15) is 4.98 Å². The summed E-state index contributed by atoms with van der Waals surface area (Å²) in [7, 11) is 0. The number of piperazine rings is 1. The molecule has 1 amide bonds. The fourth-order valence-corrected chi connectivity index (χ4v) is 3.08. The molecule has 1 saturated carbocycles. The summed E-state index contributed by atoms with van der Waals surface area (Å²) in [6.45, 7) is 6.99. The zero-order valence-electron chi connectivity index (χ0n) is 14.7. The summed E-state index contributed by atoms with van der Waals surface area (Å²) in [5.41, 5.74) is 0.869. The lowest BCUT2D eigenvalue weighted by Gasteiger charge is -2.36. The van der Waals surface area contributed by atoms with Crippen LogP contribution in [-0.2, 0) is 4.79 Å². The lowest BCUT2D eigenvalue weighted by molar-refractivity contribution is -0.134. The summed E-state index contributed by atoms with van der Waals surface area (Å²) in [5.74, 6) is 3.01. The van der Waals surface area contributed by atoms with E-state index in [9.17, 15) is 4.79 Å². The molecule has 1 aliphatic carbocycles. The summed E-state index contributed by atoms with van der Waals surface area (Å²) >= 11 is 0. The van der Waals surface area contributed by atoms with Crippen LogP contribution in [0.1, 0.15) is 38.5 Å². The maximum absolute atomic E-state index is 12.1. The van der Waals surface area contributed by atoms with E-state index < -0.39 is 0 Å². The largest absolute Gasteiger partial charge is 0.353 e. The van der Waals surface area contributed by atoms with Gasteiger partial charge in [0.05, 0.1) is 0 Å². The maximum atomic E-state index is 12.1. The molecule has 4 rings (SSSR count). The standard InChI is InChI=1S/C18H23N5O2/c1-12(2)18(24)23-9-7-22(8-10-23)15-6-5-14(11-19-15)16-20-17(25-21-16)13-3-4-13/h5-6,11-13H,3-4,7-10H2,1-2H3. The Hall–Kier alpha value is -2.44. The Balaban J connectivity index is 1.39. The van der Waals surface area contributed by atoms with Crippen LogP contribution in [0.15, 0.2) is 22.9 Å². The predicted molar refractivity (Wildman–Crippen MR) is 93.1 cm³/mol. The number of hydrogen-bond donors (Lipinski definition) is 0. The smallest absolute Gasteiger partial charge is 0.230 e. The first-order chi connectivity index (χ1) is 12.1. The van der Waals surface area contributed by atoms with Crippen molar-refractivity contribution in [3.8, 4) is 11.4 Å². The lowest BCUT2D eigenvalue weighted by atomic mass is 10.1. The van der Waals surface area contributed by atoms with Crippen molar-refractivity contribution in [2.75, 3.05) is 31.1 Å². The molecule has 0 N–H and O–H groups in total. The number of rotatable bonds is 4. The van der Waals surface area contributed by atoms with E-state index in [0.29, 0.717) is 11.7 Å². The molecular weight excluding hydrogens is 318 g/mol. The molecule has 7 heteroatoms. The molecule has 1 saturated heterocycles. The third kappa shape index (κ3) is 3.36. The Bertz CT molecular complexity index is 743. The first-order valence-electron chi connectivity index (χ1n) is 8.95. The van der Waals surface area contributed by atoms with Gasteiger partial charge in [0.2, 0.25) is 17.6 Å². The van der Waals surface area contributed by atoms with Crippen LogP contribution in [0.2, 0.25) is 0 Å². The van der Waals surface area contributed by atoms with E-state index in [1.807, 2.05) is 30.9 Å². The Morgan fingerprint density at radius 1 is 1.20 bits per heavy atom. The van der Waals surface area contributed by atoms with E-state index in [-0.39, 0.29) is 11.8 Å². The summed E-state index contributed by atoms with van der Waals surface area (Å²) < 4.78 is 5.31. The fourth-order valence-electron chi connectivity index (χ4n) is 3.08. The summed E-state index contributed by atoms with van der Waals surface area (Å²) in [4.78, 5) is 25.2. The highest BCUT2D eigenvalue weighted by Gasteiger charge is 2.30. The van der Waals surface area contributed by atoms with Gasteiger partial charge in [0.15, 0.2) is 0 Å². The average molecular weight is 341 g/mol. The first-order valence-corrected chi connectivity index (χ1v) is 8.95. The highest BCUT2D eigenvalue weighted by atomic mass is 16.5. The monoisotopic (exact) mass is 341 g/mol. The third-order valence-electron chi connectivity index (χ3n) is 4.78. The quantitative estimate of drug-likeness (QED) is 0.849. The van der Waals surface area contributed by atoms with Crippen molar-refractivity contribution >= 4 is 11.7 Å². The minimum atomic E-state index is 0.0550. The molecular formula is C18H23N5O2. The Morgan fingerprint density at radius 3 is 2.56 bits per heavy atom. The molecule has 0 bridgehead atoms. The minimum Gasteiger partial charge on any atom is -0.353 e. The van der Waals surface area contributed by atoms with Crippen LogP contribution in [-0.4, -0.2) is 52.1 Å². The molecule has 25 heavy (non-hydrogen) atoms. The van der Waals surface area contributed by atoms with E-state index in [1.165, 1.54) is 0 Å². The van der Waals surface area contributed by atoms with Crippen LogP contribution in [0.5, 0.6) is 0 Å². The molecule has 132 valence electrons. The normalized spacial score (nSPS) is 18.0. The van der Waals surface area contributed by atoms with Gasteiger partial charge in [-0.05, 0) is 25.0 Å². The minimum absolute atomic E-state index is 0.0550. The molecule has 3 heterocycles. The zero-order valence-corrected chi connectivity index (χ0v) is 14.7. The first kappa shape index (κ1) is 16.1. The number of aromatic nitrogens is 3. The predicted octanol–water partition coefficient (Wildman–Crippen LogP) is 2.31. The number of nitrogens with zero attached hydrogens (tertiary/aromatic N) is 5. The van der Waals surface area contributed by atoms with Gasteiger partial charge in [0.25, 0.3) is 0 Å². The maximum Gasteiger partial charge on any atom is 0.230 e. The van der Waals surface area contributed by atoms with Crippen molar-refractivity contribution < 1.29 is 9.32 Å². The van der Waals surface area contributed by atoms with E-state index in [0.717, 1.165) is 56.3 Å². The molecule has 0 spiro atoms. The molecule has 2 aliphatic rings. The van der Waals surface area contributed by atoms with Crippen molar-refractivity contribution in [1.29, 1.82) is 0 Å². The van der Waals surface area contributed by atoms with Gasteiger partial charge in [-0.1, -0.05) is 19.0 Å². The second kappa shape index (κ2) is 6.46. The summed E-state index contributed by atoms with van der Waals surface area (Å²) in [6.07, 6.45) is 4.08. The van der Waals surface area contributed by atoms with Crippen molar-refractivity contribution in [2.24, 2.45) is 5.92 Å². The molecule has 0 aromatic carbocycles. The van der Waals surface area contributed by atoms with Crippen molar-refractivity contribution in [3.63, 3.8) is 0 Å². The number of pyridine rings is 1. The SMILES string of the molecule is CC(C)C(=O)N1CCN(c2ccc(-c3noc(C4CC4)n3)cn2)CC1. The van der Waals surface area contributed by atoms with E-state index in [1.54, 1.807) is 6.20 Å². The van der Waals surface area contributed by atoms with Crippen molar-refractivity contribution in [2.45, 2.75) is 32.6 Å². The van der Waals surface area contributed by atoms with Gasteiger partial charge >= 0.3 is 0 Å². The Morgan fingerprint density at radius 2 is 1.96 bits per heavy atom. The number of hydrogen-bond acceptors (Lipinski definition) is 6. The number of carbonyl (C=O) groups excluding carboxylic acids is 1. The molecule has 0 unspecified atom stereocenters. The number of carbonyl (C=O) groups is 1. The average Bonchev–Trinajstić information content (AvgIpc) is 3.38. The van der Waals surface area contributed by atoms with Crippen molar-refractivity contribution in [1.82, 2.24) is 20.0 Å². The molecule has 0 radical (unpaired) electrons. The molecule has 1 aliphatic heterocycles. The lowest BCUT2D eigenvalue weighted by Crippen LogP contribution is -2.50.